The number of aryl methyl sites for hydroxylation is 1. The molecule has 8 heteroatoms. The van der Waals surface area contributed by atoms with Crippen molar-refractivity contribution in [3.05, 3.63) is 16.8 Å². The SMILES string of the molecule is CSc1nnc2c3sc4nc(CC(C)C)c5c(c4c3nc(N3CCCC3)n12)CCC5. The van der Waals surface area contributed by atoms with E-state index in [9.17, 15) is 0 Å². The minimum atomic E-state index is 0.612. The van der Waals surface area contributed by atoms with Crippen molar-refractivity contribution in [1.29, 1.82) is 0 Å². The number of aromatic nitrogens is 5. The maximum atomic E-state index is 5.29. The van der Waals surface area contributed by atoms with Crippen molar-refractivity contribution < 1.29 is 0 Å². The first-order valence-electron chi connectivity index (χ1n) is 11.0. The van der Waals surface area contributed by atoms with E-state index in [1.165, 1.54) is 41.5 Å². The molecule has 2 aliphatic rings. The van der Waals surface area contributed by atoms with Crippen LogP contribution < -0.4 is 4.90 Å². The highest BCUT2D eigenvalue weighted by atomic mass is 32.2. The van der Waals surface area contributed by atoms with Crippen LogP contribution in [0.5, 0.6) is 0 Å². The van der Waals surface area contributed by atoms with E-state index in [0.717, 1.165) is 64.2 Å². The first-order chi connectivity index (χ1) is 14.7. The van der Waals surface area contributed by atoms with E-state index in [4.69, 9.17) is 9.97 Å². The summed E-state index contributed by atoms with van der Waals surface area (Å²) < 4.78 is 3.30. The standard InChI is InChI=1S/C22H26N6S2/c1-12(2)11-15-13-7-6-8-14(13)16-17-18(30-20(16)23-15)19-25-26-22(29-3)28(19)21(24-17)27-9-4-5-10-27/h12H,4-11H2,1-3H3. The van der Waals surface area contributed by atoms with Crippen LogP contribution >= 0.6 is 23.1 Å². The molecule has 1 fully saturated rings. The van der Waals surface area contributed by atoms with Gasteiger partial charge in [-0.15, -0.1) is 21.5 Å². The summed E-state index contributed by atoms with van der Waals surface area (Å²) >= 11 is 3.38. The van der Waals surface area contributed by atoms with E-state index in [1.807, 2.05) is 0 Å². The Morgan fingerprint density at radius 3 is 2.60 bits per heavy atom. The third-order valence-electron chi connectivity index (χ3n) is 6.39. The van der Waals surface area contributed by atoms with Crippen molar-refractivity contribution >= 4 is 55.1 Å². The van der Waals surface area contributed by atoms with E-state index in [2.05, 4.69) is 39.6 Å². The van der Waals surface area contributed by atoms with E-state index in [0.29, 0.717) is 5.92 Å². The summed E-state index contributed by atoms with van der Waals surface area (Å²) in [5, 5.41) is 11.3. The van der Waals surface area contributed by atoms with Crippen LogP contribution in [-0.2, 0) is 19.3 Å². The van der Waals surface area contributed by atoms with Gasteiger partial charge in [-0.25, -0.2) is 14.4 Å². The Morgan fingerprint density at radius 1 is 1.03 bits per heavy atom. The van der Waals surface area contributed by atoms with E-state index in [1.54, 1.807) is 23.1 Å². The average molecular weight is 439 g/mol. The summed E-state index contributed by atoms with van der Waals surface area (Å²) in [7, 11) is 0. The lowest BCUT2D eigenvalue weighted by Gasteiger charge is -2.18. The summed E-state index contributed by atoms with van der Waals surface area (Å²) in [5.74, 6) is 1.61. The molecule has 0 unspecified atom stereocenters. The quantitative estimate of drug-likeness (QED) is 0.423. The fraction of sp³-hybridized carbons (Fsp3) is 0.545. The first kappa shape index (κ1) is 18.8. The van der Waals surface area contributed by atoms with Crippen molar-refractivity contribution in [1.82, 2.24) is 24.6 Å². The number of nitrogens with zero attached hydrogens (tertiary/aromatic N) is 6. The molecule has 0 radical (unpaired) electrons. The van der Waals surface area contributed by atoms with Crippen molar-refractivity contribution in [2.75, 3.05) is 24.2 Å². The minimum Gasteiger partial charge on any atom is -0.342 e. The van der Waals surface area contributed by atoms with Gasteiger partial charge >= 0.3 is 0 Å². The number of pyridine rings is 1. The molecule has 6 nitrogen and oxygen atoms in total. The highest BCUT2D eigenvalue weighted by Gasteiger charge is 2.28. The Bertz CT molecular complexity index is 1280. The third kappa shape index (κ3) is 2.69. The fourth-order valence-electron chi connectivity index (χ4n) is 5.11. The smallest absolute Gasteiger partial charge is 0.214 e. The van der Waals surface area contributed by atoms with Crippen molar-refractivity contribution in [2.24, 2.45) is 5.92 Å². The van der Waals surface area contributed by atoms with Crippen molar-refractivity contribution in [2.45, 2.75) is 57.5 Å². The Hall–Kier alpha value is -1.93. The highest BCUT2D eigenvalue weighted by molar-refractivity contribution is 7.98. The molecule has 6 rings (SSSR count). The van der Waals surface area contributed by atoms with Crippen LogP contribution in [0, 0.1) is 5.92 Å². The Morgan fingerprint density at radius 2 is 1.83 bits per heavy atom. The molecular weight excluding hydrogens is 412 g/mol. The number of fused-ring (bicyclic) bond motifs is 7. The van der Waals surface area contributed by atoms with Gasteiger partial charge in [-0.3, -0.25) is 0 Å². The minimum absolute atomic E-state index is 0.612. The Labute approximate surface area is 184 Å². The second-order valence-electron chi connectivity index (χ2n) is 8.88. The molecule has 156 valence electrons. The van der Waals surface area contributed by atoms with Gasteiger partial charge in [0, 0.05) is 24.2 Å². The summed E-state index contributed by atoms with van der Waals surface area (Å²) in [4.78, 5) is 14.0. The number of rotatable bonds is 4. The zero-order chi connectivity index (χ0) is 20.4. The predicted octanol–water partition coefficient (Wildman–Crippen LogP) is 4.90. The summed E-state index contributed by atoms with van der Waals surface area (Å²) in [6.45, 7) is 6.67. The van der Waals surface area contributed by atoms with Crippen LogP contribution in [0.2, 0.25) is 0 Å². The third-order valence-corrected chi connectivity index (χ3v) is 8.09. The van der Waals surface area contributed by atoms with Crippen LogP contribution in [-0.4, -0.2) is 43.9 Å². The molecule has 0 bridgehead atoms. The molecule has 0 aromatic carbocycles. The molecule has 0 saturated carbocycles. The lowest BCUT2D eigenvalue weighted by atomic mass is 9.99. The number of hydrogen-bond acceptors (Lipinski definition) is 7. The number of hydrogen-bond donors (Lipinski definition) is 0. The first-order valence-corrected chi connectivity index (χ1v) is 13.0. The summed E-state index contributed by atoms with van der Waals surface area (Å²) in [6.07, 6.45) is 9.07. The zero-order valence-corrected chi connectivity index (χ0v) is 19.4. The van der Waals surface area contributed by atoms with Crippen LogP contribution in [0.15, 0.2) is 5.16 Å². The van der Waals surface area contributed by atoms with Crippen LogP contribution in [0.3, 0.4) is 0 Å². The molecule has 4 aromatic heterocycles. The molecule has 1 aliphatic heterocycles. The molecule has 0 N–H and O–H groups in total. The van der Waals surface area contributed by atoms with Gasteiger partial charge in [0.1, 0.15) is 9.53 Å². The van der Waals surface area contributed by atoms with E-state index >= 15 is 0 Å². The van der Waals surface area contributed by atoms with E-state index in [-0.39, 0.29) is 0 Å². The van der Waals surface area contributed by atoms with Gasteiger partial charge in [-0.1, -0.05) is 25.6 Å². The van der Waals surface area contributed by atoms with Crippen molar-refractivity contribution in [3.8, 4) is 0 Å². The molecule has 0 spiro atoms. The molecular formula is C22H26N6S2. The van der Waals surface area contributed by atoms with Gasteiger partial charge in [0.05, 0.1) is 5.52 Å². The predicted molar refractivity (Wildman–Crippen MR) is 125 cm³/mol. The second-order valence-corrected chi connectivity index (χ2v) is 10.7. The van der Waals surface area contributed by atoms with Crippen LogP contribution in [0.4, 0.5) is 5.95 Å². The van der Waals surface area contributed by atoms with Gasteiger partial charge in [0.15, 0.2) is 10.8 Å². The highest BCUT2D eigenvalue weighted by Crippen LogP contribution is 2.42. The average Bonchev–Trinajstić information content (AvgIpc) is 3.50. The maximum Gasteiger partial charge on any atom is 0.214 e. The van der Waals surface area contributed by atoms with Gasteiger partial charge in [0.25, 0.3) is 0 Å². The zero-order valence-electron chi connectivity index (χ0n) is 17.7. The largest absolute Gasteiger partial charge is 0.342 e. The fourth-order valence-corrected chi connectivity index (χ4v) is 6.72. The molecule has 0 atom stereocenters. The summed E-state index contributed by atoms with van der Waals surface area (Å²) in [6, 6.07) is 0. The molecule has 0 amide bonds. The number of anilines is 1. The number of thioether (sulfide) groups is 1. The monoisotopic (exact) mass is 438 g/mol. The number of thiophene rings is 1. The van der Waals surface area contributed by atoms with Crippen molar-refractivity contribution in [3.63, 3.8) is 0 Å². The lowest BCUT2D eigenvalue weighted by molar-refractivity contribution is 0.632. The maximum absolute atomic E-state index is 5.29. The normalized spacial score (nSPS) is 16.7. The van der Waals surface area contributed by atoms with E-state index < -0.39 is 0 Å². The Kier molecular flexibility index (Phi) is 4.42. The van der Waals surface area contributed by atoms with Gasteiger partial charge in [-0.05, 0) is 61.8 Å². The van der Waals surface area contributed by atoms with Crippen LogP contribution in [0.25, 0.3) is 26.1 Å². The molecule has 1 aliphatic carbocycles. The second kappa shape index (κ2) is 7.05. The summed E-state index contributed by atoms with van der Waals surface area (Å²) in [5.41, 5.74) is 6.32. The topological polar surface area (TPSA) is 59.2 Å². The van der Waals surface area contributed by atoms with Gasteiger partial charge in [0.2, 0.25) is 5.95 Å². The van der Waals surface area contributed by atoms with Gasteiger partial charge < -0.3 is 4.90 Å². The lowest BCUT2D eigenvalue weighted by Crippen LogP contribution is -2.22. The van der Waals surface area contributed by atoms with Gasteiger partial charge in [-0.2, -0.15) is 0 Å². The molecule has 5 heterocycles. The van der Waals surface area contributed by atoms with Crippen LogP contribution in [0.1, 0.15) is 49.9 Å². The molecule has 1 saturated heterocycles. The molecule has 4 aromatic rings. The molecule has 30 heavy (non-hydrogen) atoms. The Balaban J connectivity index is 1.71.